The third-order valence-corrected chi connectivity index (χ3v) is 3.71. The first-order valence-electron chi connectivity index (χ1n) is 6.35. The predicted molar refractivity (Wildman–Crippen MR) is 88.4 cm³/mol. The number of esters is 1. The molecule has 0 heterocycles. The quantitative estimate of drug-likeness (QED) is 0.568. The number of rotatable bonds is 4. The van der Waals surface area contributed by atoms with Gasteiger partial charge in [0.2, 0.25) is 0 Å². The monoisotopic (exact) mass is 384 g/mol. The van der Waals surface area contributed by atoms with Crippen molar-refractivity contribution >= 4 is 33.5 Å². The molecule has 0 aliphatic carbocycles. The molecule has 0 saturated heterocycles. The molecule has 2 aromatic rings. The topological polar surface area (TPSA) is 44.8 Å². The first kappa shape index (κ1) is 16.6. The largest absolute Gasteiger partial charge is 0.497 e. The summed E-state index contributed by atoms with van der Waals surface area (Å²) in [5.41, 5.74) is 1.07. The average Bonchev–Trinajstić information content (AvgIpc) is 2.49. The second kappa shape index (κ2) is 7.03. The van der Waals surface area contributed by atoms with Gasteiger partial charge in [-0.25, -0.2) is 4.79 Å². The minimum atomic E-state index is -0.537. The van der Waals surface area contributed by atoms with E-state index >= 15 is 0 Å². The van der Waals surface area contributed by atoms with Crippen molar-refractivity contribution in [3.63, 3.8) is 0 Å². The van der Waals surface area contributed by atoms with E-state index in [1.54, 1.807) is 24.3 Å². The Kier molecular flexibility index (Phi) is 5.32. The molecule has 0 saturated carbocycles. The lowest BCUT2D eigenvalue weighted by molar-refractivity contribution is 0.0733. The highest BCUT2D eigenvalue weighted by atomic mass is 79.9. The van der Waals surface area contributed by atoms with E-state index in [9.17, 15) is 4.79 Å². The van der Waals surface area contributed by atoms with Crippen LogP contribution in [-0.2, 0) is 0 Å². The fourth-order valence-corrected chi connectivity index (χ4v) is 2.90. The van der Waals surface area contributed by atoms with Gasteiger partial charge in [-0.15, -0.1) is 0 Å². The Hall–Kier alpha value is -1.72. The molecule has 0 bridgehead atoms. The molecule has 4 nitrogen and oxygen atoms in total. The fraction of sp³-hybridized carbons (Fsp3) is 0.188. The molecule has 0 spiro atoms. The van der Waals surface area contributed by atoms with E-state index in [0.717, 1.165) is 10.0 Å². The number of benzene rings is 2. The van der Waals surface area contributed by atoms with Gasteiger partial charge in [-0.05, 0) is 36.8 Å². The maximum atomic E-state index is 12.3. The second-order valence-electron chi connectivity index (χ2n) is 4.52. The van der Waals surface area contributed by atoms with Crippen LogP contribution in [0.3, 0.4) is 0 Å². The minimum Gasteiger partial charge on any atom is -0.497 e. The molecule has 6 heteroatoms. The van der Waals surface area contributed by atoms with Gasteiger partial charge in [0.25, 0.3) is 0 Å². The van der Waals surface area contributed by atoms with Gasteiger partial charge in [0.15, 0.2) is 5.75 Å². The number of aryl methyl sites for hydroxylation is 1. The van der Waals surface area contributed by atoms with E-state index in [2.05, 4.69) is 15.9 Å². The summed E-state index contributed by atoms with van der Waals surface area (Å²) in [6.07, 6.45) is 0. The Balaban J connectivity index is 2.34. The van der Waals surface area contributed by atoms with E-state index in [1.165, 1.54) is 14.2 Å². The molecule has 0 atom stereocenters. The second-order valence-corrected chi connectivity index (χ2v) is 5.85. The number of ether oxygens (including phenoxy) is 3. The number of carbonyl (C=O) groups is 1. The molecule has 0 unspecified atom stereocenters. The van der Waals surface area contributed by atoms with Crippen molar-refractivity contribution in [1.82, 2.24) is 0 Å². The van der Waals surface area contributed by atoms with Crippen LogP contribution in [0.1, 0.15) is 15.9 Å². The summed E-state index contributed by atoms with van der Waals surface area (Å²) in [5.74, 6) is 0.802. The molecule has 0 aromatic heterocycles. The maximum Gasteiger partial charge on any atom is 0.343 e. The van der Waals surface area contributed by atoms with Crippen LogP contribution in [0.25, 0.3) is 0 Å². The Labute approximate surface area is 142 Å². The van der Waals surface area contributed by atoms with E-state index in [4.69, 9.17) is 25.8 Å². The zero-order valence-electron chi connectivity index (χ0n) is 12.3. The highest BCUT2D eigenvalue weighted by molar-refractivity contribution is 9.10. The Morgan fingerprint density at radius 3 is 2.14 bits per heavy atom. The van der Waals surface area contributed by atoms with Gasteiger partial charge in [0, 0.05) is 10.5 Å². The third-order valence-electron chi connectivity index (χ3n) is 2.98. The minimum absolute atomic E-state index is 0.314. The summed E-state index contributed by atoms with van der Waals surface area (Å²) in [7, 11) is 3.03. The van der Waals surface area contributed by atoms with E-state index < -0.39 is 5.97 Å². The zero-order valence-corrected chi connectivity index (χ0v) is 14.6. The summed E-state index contributed by atoms with van der Waals surface area (Å²) in [4.78, 5) is 12.3. The van der Waals surface area contributed by atoms with Gasteiger partial charge in [-0.3, -0.25) is 0 Å². The molecule has 2 aromatic carbocycles. The van der Waals surface area contributed by atoms with Crippen molar-refractivity contribution in [2.75, 3.05) is 14.2 Å². The fourth-order valence-electron chi connectivity index (χ4n) is 1.90. The SMILES string of the molecule is COc1cc(OC)cc(C(=O)Oc2c(C)cc(Br)cc2Cl)c1. The summed E-state index contributed by atoms with van der Waals surface area (Å²) in [6, 6.07) is 8.32. The Bertz CT molecular complexity index is 670. The molecule has 2 rings (SSSR count). The van der Waals surface area contributed by atoms with Crippen LogP contribution < -0.4 is 14.2 Å². The summed E-state index contributed by atoms with van der Waals surface area (Å²) < 4.78 is 16.5. The van der Waals surface area contributed by atoms with Crippen molar-refractivity contribution in [3.05, 3.63) is 51.0 Å². The summed E-state index contributed by atoms with van der Waals surface area (Å²) >= 11 is 9.46. The number of halogens is 2. The first-order valence-corrected chi connectivity index (χ1v) is 7.52. The molecule has 0 fully saturated rings. The lowest BCUT2D eigenvalue weighted by atomic mass is 10.2. The standard InChI is InChI=1S/C16H14BrClO4/c1-9-4-11(17)7-14(18)15(9)22-16(19)10-5-12(20-2)8-13(6-10)21-3/h4-8H,1-3H3. The van der Waals surface area contributed by atoms with Gasteiger partial charge in [0.1, 0.15) is 11.5 Å². The van der Waals surface area contributed by atoms with Crippen LogP contribution in [0.4, 0.5) is 0 Å². The van der Waals surface area contributed by atoms with Gasteiger partial charge in [-0.2, -0.15) is 0 Å². The maximum absolute atomic E-state index is 12.3. The van der Waals surface area contributed by atoms with Crippen LogP contribution in [0.5, 0.6) is 17.2 Å². The van der Waals surface area contributed by atoms with Crippen LogP contribution in [-0.4, -0.2) is 20.2 Å². The number of hydrogen-bond donors (Lipinski definition) is 0. The summed E-state index contributed by atoms with van der Waals surface area (Å²) in [5, 5.41) is 0.357. The lowest BCUT2D eigenvalue weighted by Crippen LogP contribution is -2.10. The zero-order chi connectivity index (χ0) is 16.3. The highest BCUT2D eigenvalue weighted by Gasteiger charge is 2.16. The normalized spacial score (nSPS) is 10.2. The molecule has 0 N–H and O–H groups in total. The first-order chi connectivity index (χ1) is 10.4. The van der Waals surface area contributed by atoms with Crippen LogP contribution in [0, 0.1) is 6.92 Å². The Morgan fingerprint density at radius 1 is 1.05 bits per heavy atom. The number of carbonyl (C=O) groups excluding carboxylic acids is 1. The molecule has 0 amide bonds. The molecule has 0 aliphatic heterocycles. The molecule has 116 valence electrons. The average molecular weight is 386 g/mol. The number of hydrogen-bond acceptors (Lipinski definition) is 4. The van der Waals surface area contributed by atoms with Gasteiger partial charge in [0.05, 0.1) is 24.8 Å². The van der Waals surface area contributed by atoms with Crippen molar-refractivity contribution in [1.29, 1.82) is 0 Å². The van der Waals surface area contributed by atoms with E-state index in [-0.39, 0.29) is 0 Å². The van der Waals surface area contributed by atoms with Crippen LogP contribution in [0.15, 0.2) is 34.8 Å². The third kappa shape index (κ3) is 3.72. The highest BCUT2D eigenvalue weighted by Crippen LogP contribution is 2.33. The van der Waals surface area contributed by atoms with Gasteiger partial charge in [-0.1, -0.05) is 27.5 Å². The van der Waals surface area contributed by atoms with Crippen molar-refractivity contribution in [2.24, 2.45) is 0 Å². The van der Waals surface area contributed by atoms with Crippen molar-refractivity contribution in [3.8, 4) is 17.2 Å². The predicted octanol–water partition coefficient (Wildman–Crippen LogP) is 4.65. The molecular weight excluding hydrogens is 372 g/mol. The molecular formula is C16H14BrClO4. The van der Waals surface area contributed by atoms with Crippen LogP contribution >= 0.6 is 27.5 Å². The van der Waals surface area contributed by atoms with E-state index in [1.807, 2.05) is 13.0 Å². The Morgan fingerprint density at radius 2 is 1.64 bits per heavy atom. The molecule has 0 radical (unpaired) electrons. The molecule has 22 heavy (non-hydrogen) atoms. The van der Waals surface area contributed by atoms with Crippen molar-refractivity contribution < 1.29 is 19.0 Å². The van der Waals surface area contributed by atoms with E-state index in [0.29, 0.717) is 27.8 Å². The van der Waals surface area contributed by atoms with Crippen LogP contribution in [0.2, 0.25) is 5.02 Å². The number of methoxy groups -OCH3 is 2. The summed E-state index contributed by atoms with van der Waals surface area (Å²) in [6.45, 7) is 1.81. The van der Waals surface area contributed by atoms with Gasteiger partial charge < -0.3 is 14.2 Å². The smallest absolute Gasteiger partial charge is 0.343 e. The lowest BCUT2D eigenvalue weighted by Gasteiger charge is -2.11. The molecule has 0 aliphatic rings. The van der Waals surface area contributed by atoms with Gasteiger partial charge >= 0.3 is 5.97 Å². The van der Waals surface area contributed by atoms with Crippen molar-refractivity contribution in [2.45, 2.75) is 6.92 Å².